The number of nitrogens with one attached hydrogen (secondary N) is 3. The van der Waals surface area contributed by atoms with Gasteiger partial charge in [0.05, 0.1) is 11.9 Å². The number of anilines is 1. The van der Waals surface area contributed by atoms with Crippen LogP contribution in [0.25, 0.3) is 0 Å². The molecule has 4 heterocycles. The van der Waals surface area contributed by atoms with Gasteiger partial charge in [0.15, 0.2) is 11.6 Å². The summed E-state index contributed by atoms with van der Waals surface area (Å²) in [6, 6.07) is 8.75. The van der Waals surface area contributed by atoms with Crippen molar-refractivity contribution in [3.63, 3.8) is 0 Å². The van der Waals surface area contributed by atoms with Gasteiger partial charge in [-0.2, -0.15) is 10.2 Å². The third kappa shape index (κ3) is 4.15. The maximum absolute atomic E-state index is 12.7. The van der Waals surface area contributed by atoms with Crippen molar-refractivity contribution in [2.24, 2.45) is 0 Å². The number of carbonyl (C=O) groups excluding carboxylic acids is 1. The second-order valence-corrected chi connectivity index (χ2v) is 7.38. The molecule has 1 aliphatic rings. The van der Waals surface area contributed by atoms with Crippen LogP contribution in [0.5, 0.6) is 0 Å². The van der Waals surface area contributed by atoms with Crippen LogP contribution in [0, 0.1) is 0 Å². The summed E-state index contributed by atoms with van der Waals surface area (Å²) < 4.78 is 3.90. The highest BCUT2D eigenvalue weighted by molar-refractivity contribution is 5.89. The van der Waals surface area contributed by atoms with Gasteiger partial charge in [-0.25, -0.2) is 9.78 Å². The zero-order valence-electron chi connectivity index (χ0n) is 16.8. The molecule has 1 aromatic carbocycles. The van der Waals surface area contributed by atoms with Crippen LogP contribution in [0.15, 0.2) is 49.1 Å². The minimum Gasteiger partial charge on any atom is -0.324 e. The molecule has 0 fully saturated rings. The SMILES string of the molecule is O=C(Nc1cnn(Cc2nnc3n2CCCC3)c1)NC(c1ccccc1)c1ncn[nH]1. The lowest BCUT2D eigenvalue weighted by molar-refractivity contribution is 0.249. The Morgan fingerprint density at radius 3 is 2.94 bits per heavy atom. The topological polar surface area (TPSA) is 131 Å². The smallest absolute Gasteiger partial charge is 0.320 e. The van der Waals surface area contributed by atoms with Gasteiger partial charge in [-0.3, -0.25) is 9.78 Å². The zero-order valence-corrected chi connectivity index (χ0v) is 16.8. The van der Waals surface area contributed by atoms with E-state index in [2.05, 4.69) is 45.7 Å². The summed E-state index contributed by atoms with van der Waals surface area (Å²) >= 11 is 0. The van der Waals surface area contributed by atoms with Crippen LogP contribution in [-0.4, -0.2) is 45.8 Å². The van der Waals surface area contributed by atoms with Gasteiger partial charge < -0.3 is 15.2 Å². The Kier molecular flexibility index (Phi) is 5.13. The van der Waals surface area contributed by atoms with Crippen molar-refractivity contribution < 1.29 is 4.79 Å². The molecule has 1 aliphatic heterocycles. The zero-order chi connectivity index (χ0) is 21.0. The van der Waals surface area contributed by atoms with Gasteiger partial charge in [-0.1, -0.05) is 30.3 Å². The molecule has 31 heavy (non-hydrogen) atoms. The molecule has 11 nitrogen and oxygen atoms in total. The third-order valence-electron chi connectivity index (χ3n) is 5.25. The van der Waals surface area contributed by atoms with E-state index in [1.54, 1.807) is 17.1 Å². The number of amides is 2. The Hall–Kier alpha value is -4.02. The fourth-order valence-corrected chi connectivity index (χ4v) is 3.75. The Bertz CT molecular complexity index is 1150. The number of aryl methyl sites for hydroxylation is 1. The Morgan fingerprint density at radius 1 is 1.19 bits per heavy atom. The van der Waals surface area contributed by atoms with E-state index in [0.717, 1.165) is 43.0 Å². The summed E-state index contributed by atoms with van der Waals surface area (Å²) in [4.78, 5) is 16.9. The van der Waals surface area contributed by atoms with Crippen LogP contribution >= 0.6 is 0 Å². The summed E-state index contributed by atoms with van der Waals surface area (Å²) in [7, 11) is 0. The number of carbonyl (C=O) groups is 1. The first-order valence-electron chi connectivity index (χ1n) is 10.2. The standard InChI is InChI=1S/C20H22N10O/c31-20(25-18(19-21-13-22-28-19)14-6-2-1-3-7-14)24-15-10-23-29(11-15)12-17-27-26-16-8-4-5-9-30(16)17/h1-3,6-7,10-11,13,18H,4-5,8-9,12H2,(H,21,22,28)(H2,24,25,31). The highest BCUT2D eigenvalue weighted by Gasteiger charge is 2.20. The maximum atomic E-state index is 12.7. The highest BCUT2D eigenvalue weighted by atomic mass is 16.2. The Labute approximate surface area is 177 Å². The van der Waals surface area contributed by atoms with Crippen molar-refractivity contribution in [1.82, 2.24) is 45.0 Å². The fourth-order valence-electron chi connectivity index (χ4n) is 3.75. The van der Waals surface area contributed by atoms with Crippen molar-refractivity contribution in [3.8, 4) is 0 Å². The molecule has 1 atom stereocenters. The van der Waals surface area contributed by atoms with Gasteiger partial charge in [-0.15, -0.1) is 10.2 Å². The number of H-pyrrole nitrogens is 1. The highest BCUT2D eigenvalue weighted by Crippen LogP contribution is 2.19. The van der Waals surface area contributed by atoms with E-state index in [-0.39, 0.29) is 6.03 Å². The molecule has 5 rings (SSSR count). The van der Waals surface area contributed by atoms with Crippen LogP contribution in [-0.2, 0) is 19.5 Å². The van der Waals surface area contributed by atoms with Crippen molar-refractivity contribution in [1.29, 1.82) is 0 Å². The van der Waals surface area contributed by atoms with Crippen molar-refractivity contribution in [2.75, 3.05) is 5.32 Å². The molecule has 0 bridgehead atoms. The number of fused-ring (bicyclic) bond motifs is 1. The minimum absolute atomic E-state index is 0.371. The van der Waals surface area contributed by atoms with Gasteiger partial charge in [0, 0.05) is 19.2 Å². The molecule has 0 saturated carbocycles. The first-order valence-corrected chi connectivity index (χ1v) is 10.2. The number of benzene rings is 1. The summed E-state index contributed by atoms with van der Waals surface area (Å²) in [5, 5.41) is 25.4. The Morgan fingerprint density at radius 2 is 2.10 bits per heavy atom. The van der Waals surface area contributed by atoms with Gasteiger partial charge in [-0.05, 0) is 18.4 Å². The van der Waals surface area contributed by atoms with E-state index in [0.29, 0.717) is 18.1 Å². The monoisotopic (exact) mass is 418 g/mol. The van der Waals surface area contributed by atoms with Crippen LogP contribution in [0.2, 0.25) is 0 Å². The van der Waals surface area contributed by atoms with Gasteiger partial charge in [0.25, 0.3) is 0 Å². The lowest BCUT2D eigenvalue weighted by Crippen LogP contribution is -2.33. The van der Waals surface area contributed by atoms with Crippen molar-refractivity contribution in [2.45, 2.75) is 38.4 Å². The average molecular weight is 418 g/mol. The minimum atomic E-state index is -0.457. The van der Waals surface area contributed by atoms with Crippen LogP contribution in [0.3, 0.4) is 0 Å². The Balaban J connectivity index is 1.25. The molecular formula is C20H22N10O. The number of aromatic nitrogens is 8. The molecule has 158 valence electrons. The molecule has 1 unspecified atom stereocenters. The predicted molar refractivity (Wildman–Crippen MR) is 111 cm³/mol. The molecule has 0 aliphatic carbocycles. The number of urea groups is 1. The number of nitrogens with zero attached hydrogens (tertiary/aromatic N) is 7. The second-order valence-electron chi connectivity index (χ2n) is 7.38. The second kappa shape index (κ2) is 8.38. The molecule has 3 aromatic heterocycles. The van der Waals surface area contributed by atoms with E-state index in [9.17, 15) is 4.79 Å². The van der Waals surface area contributed by atoms with E-state index in [1.807, 2.05) is 30.3 Å². The summed E-state index contributed by atoms with van der Waals surface area (Å²) in [6.07, 6.45) is 8.05. The van der Waals surface area contributed by atoms with Gasteiger partial charge in [0.2, 0.25) is 0 Å². The van der Waals surface area contributed by atoms with Crippen molar-refractivity contribution >= 4 is 11.7 Å². The van der Waals surface area contributed by atoms with Crippen LogP contribution in [0.4, 0.5) is 10.5 Å². The van der Waals surface area contributed by atoms with E-state index in [4.69, 9.17) is 0 Å². The van der Waals surface area contributed by atoms with Gasteiger partial charge in [0.1, 0.15) is 24.7 Å². The average Bonchev–Trinajstić information content (AvgIpc) is 3.55. The molecular weight excluding hydrogens is 396 g/mol. The molecule has 2 amide bonds. The van der Waals surface area contributed by atoms with E-state index >= 15 is 0 Å². The number of hydrogen-bond acceptors (Lipinski definition) is 6. The summed E-state index contributed by atoms with van der Waals surface area (Å²) in [5.41, 5.74) is 1.47. The first-order chi connectivity index (χ1) is 15.3. The fraction of sp³-hybridized carbons (Fsp3) is 0.300. The normalized spacial score (nSPS) is 14.1. The van der Waals surface area contributed by atoms with E-state index < -0.39 is 6.04 Å². The molecule has 4 aromatic rings. The lowest BCUT2D eigenvalue weighted by atomic mass is 10.1. The number of rotatable bonds is 6. The predicted octanol–water partition coefficient (Wildman–Crippen LogP) is 1.89. The maximum Gasteiger partial charge on any atom is 0.320 e. The lowest BCUT2D eigenvalue weighted by Gasteiger charge is -2.17. The quantitative estimate of drug-likeness (QED) is 0.438. The van der Waals surface area contributed by atoms with Crippen LogP contribution < -0.4 is 10.6 Å². The largest absolute Gasteiger partial charge is 0.324 e. The molecule has 0 saturated heterocycles. The summed E-state index contributed by atoms with van der Waals surface area (Å²) in [6.45, 7) is 1.44. The summed E-state index contributed by atoms with van der Waals surface area (Å²) in [5.74, 6) is 2.46. The first kappa shape index (κ1) is 19.0. The third-order valence-corrected chi connectivity index (χ3v) is 5.25. The van der Waals surface area contributed by atoms with Crippen molar-refractivity contribution in [3.05, 3.63) is 72.1 Å². The molecule has 0 spiro atoms. The molecule has 0 radical (unpaired) electrons. The number of hydrogen-bond donors (Lipinski definition) is 3. The van der Waals surface area contributed by atoms with Crippen LogP contribution in [0.1, 0.15) is 41.9 Å². The van der Waals surface area contributed by atoms with E-state index in [1.165, 1.54) is 6.33 Å². The molecule has 11 heteroatoms. The molecule has 3 N–H and O–H groups in total. The van der Waals surface area contributed by atoms with Gasteiger partial charge >= 0.3 is 6.03 Å². The number of aromatic amines is 1.